The first-order valence-electron chi connectivity index (χ1n) is 6.50. The Labute approximate surface area is 107 Å². The maximum atomic E-state index is 9.12. The lowest BCUT2D eigenvalue weighted by Crippen LogP contribution is -2.30. The molecule has 1 heterocycles. The molecule has 0 unspecified atom stereocenters. The van der Waals surface area contributed by atoms with Gasteiger partial charge in [0, 0.05) is 25.2 Å². The fourth-order valence-electron chi connectivity index (χ4n) is 1.92. The molecule has 0 bridgehead atoms. The van der Waals surface area contributed by atoms with E-state index in [1.165, 1.54) is 0 Å². The average molecular weight is 251 g/mol. The van der Waals surface area contributed by atoms with Gasteiger partial charge in [-0.25, -0.2) is 0 Å². The molecule has 18 heavy (non-hydrogen) atoms. The molecular weight excluding hydrogens is 230 g/mol. The van der Waals surface area contributed by atoms with Crippen LogP contribution in [-0.2, 0) is 0 Å². The lowest BCUT2D eigenvalue weighted by atomic mass is 10.4. The second kappa shape index (κ2) is 5.86. The number of anilines is 3. The normalized spacial score (nSPS) is 14.6. The molecule has 0 radical (unpaired) electrons. The Morgan fingerprint density at radius 3 is 2.89 bits per heavy atom. The molecule has 0 saturated heterocycles. The largest absolute Gasteiger partial charge is 0.395 e. The average Bonchev–Trinajstić information content (AvgIpc) is 3.17. The Kier molecular flexibility index (Phi) is 4.19. The fraction of sp³-hybridized carbons (Fsp3) is 0.667. The quantitative estimate of drug-likeness (QED) is 0.665. The summed E-state index contributed by atoms with van der Waals surface area (Å²) in [5.41, 5.74) is 5.73. The van der Waals surface area contributed by atoms with Crippen LogP contribution in [0.4, 0.5) is 17.6 Å². The van der Waals surface area contributed by atoms with Crippen LogP contribution in [0.2, 0.25) is 0 Å². The van der Waals surface area contributed by atoms with Gasteiger partial charge in [-0.05, 0) is 19.3 Å². The highest BCUT2D eigenvalue weighted by Crippen LogP contribution is 2.31. The summed E-state index contributed by atoms with van der Waals surface area (Å²) in [5.74, 6) is 1.83. The minimum Gasteiger partial charge on any atom is -0.395 e. The smallest absolute Gasteiger partial charge is 0.223 e. The number of rotatable bonds is 7. The van der Waals surface area contributed by atoms with Gasteiger partial charge >= 0.3 is 0 Å². The van der Waals surface area contributed by atoms with Gasteiger partial charge in [0.25, 0.3) is 0 Å². The van der Waals surface area contributed by atoms with Crippen LogP contribution in [0.5, 0.6) is 0 Å². The van der Waals surface area contributed by atoms with Crippen molar-refractivity contribution in [2.75, 3.05) is 35.6 Å². The van der Waals surface area contributed by atoms with Gasteiger partial charge < -0.3 is 21.1 Å². The van der Waals surface area contributed by atoms with Gasteiger partial charge in [-0.2, -0.15) is 9.97 Å². The molecule has 0 aliphatic heterocycles. The van der Waals surface area contributed by atoms with Gasteiger partial charge in [0.2, 0.25) is 5.95 Å². The molecule has 100 valence electrons. The molecule has 4 N–H and O–H groups in total. The second-order valence-electron chi connectivity index (χ2n) is 4.54. The summed E-state index contributed by atoms with van der Waals surface area (Å²) in [5, 5.41) is 12.3. The summed E-state index contributed by atoms with van der Waals surface area (Å²) < 4.78 is 0. The zero-order chi connectivity index (χ0) is 13.0. The summed E-state index contributed by atoms with van der Waals surface area (Å²) in [7, 11) is 0. The van der Waals surface area contributed by atoms with E-state index in [2.05, 4.69) is 27.1 Å². The maximum Gasteiger partial charge on any atom is 0.223 e. The van der Waals surface area contributed by atoms with Gasteiger partial charge in [-0.3, -0.25) is 0 Å². The third-order valence-corrected chi connectivity index (χ3v) is 2.91. The van der Waals surface area contributed by atoms with Crippen LogP contribution in [0, 0.1) is 0 Å². The topological polar surface area (TPSA) is 87.3 Å². The summed E-state index contributed by atoms with van der Waals surface area (Å²) >= 11 is 0. The van der Waals surface area contributed by atoms with Crippen LogP contribution in [0.25, 0.3) is 0 Å². The van der Waals surface area contributed by atoms with Gasteiger partial charge in [0.05, 0.1) is 6.61 Å². The van der Waals surface area contributed by atoms with Crippen molar-refractivity contribution < 1.29 is 5.11 Å². The number of nitrogen functional groups attached to an aromatic ring is 1. The minimum absolute atomic E-state index is 0.123. The SMILES string of the molecule is CCCNc1cc(N(CCO)C2CC2)nc(N)n1. The van der Waals surface area contributed by atoms with Crippen LogP contribution < -0.4 is 16.0 Å². The van der Waals surface area contributed by atoms with Crippen molar-refractivity contribution in [3.63, 3.8) is 0 Å². The third kappa shape index (κ3) is 3.22. The number of nitrogens with zero attached hydrogens (tertiary/aromatic N) is 3. The molecule has 1 saturated carbocycles. The van der Waals surface area contributed by atoms with E-state index >= 15 is 0 Å². The van der Waals surface area contributed by atoms with E-state index in [0.29, 0.717) is 12.6 Å². The molecule has 1 aliphatic carbocycles. The number of nitrogens with two attached hydrogens (primary N) is 1. The van der Waals surface area contributed by atoms with Crippen molar-refractivity contribution in [2.24, 2.45) is 0 Å². The Morgan fingerprint density at radius 1 is 1.50 bits per heavy atom. The lowest BCUT2D eigenvalue weighted by Gasteiger charge is -2.23. The first-order valence-corrected chi connectivity index (χ1v) is 6.50. The molecule has 0 atom stereocenters. The number of hydrogen-bond acceptors (Lipinski definition) is 6. The second-order valence-corrected chi connectivity index (χ2v) is 4.54. The van der Waals surface area contributed by atoms with Crippen LogP contribution in [-0.4, -0.2) is 40.8 Å². The monoisotopic (exact) mass is 251 g/mol. The van der Waals surface area contributed by atoms with E-state index in [1.54, 1.807) is 0 Å². The molecule has 1 aliphatic rings. The van der Waals surface area contributed by atoms with E-state index in [9.17, 15) is 0 Å². The van der Waals surface area contributed by atoms with E-state index < -0.39 is 0 Å². The van der Waals surface area contributed by atoms with E-state index in [4.69, 9.17) is 10.8 Å². The Bertz CT molecular complexity index is 394. The van der Waals surface area contributed by atoms with Gasteiger partial charge in [-0.15, -0.1) is 0 Å². The van der Waals surface area contributed by atoms with Crippen LogP contribution in [0.3, 0.4) is 0 Å². The molecular formula is C12H21N5O. The summed E-state index contributed by atoms with van der Waals surface area (Å²) in [4.78, 5) is 10.5. The molecule has 1 aromatic heterocycles. The molecule has 2 rings (SSSR count). The first-order chi connectivity index (χ1) is 8.74. The summed E-state index contributed by atoms with van der Waals surface area (Å²) in [6, 6.07) is 2.39. The number of aromatic nitrogens is 2. The van der Waals surface area contributed by atoms with E-state index in [-0.39, 0.29) is 12.6 Å². The molecule has 6 heteroatoms. The molecule has 1 aromatic rings. The van der Waals surface area contributed by atoms with E-state index in [0.717, 1.165) is 37.4 Å². The maximum absolute atomic E-state index is 9.12. The Morgan fingerprint density at radius 2 is 2.28 bits per heavy atom. The molecule has 0 amide bonds. The predicted molar refractivity (Wildman–Crippen MR) is 72.7 cm³/mol. The van der Waals surface area contributed by atoms with Gasteiger partial charge in [0.15, 0.2) is 0 Å². The van der Waals surface area contributed by atoms with Crippen molar-refractivity contribution in [1.82, 2.24) is 9.97 Å². The zero-order valence-electron chi connectivity index (χ0n) is 10.8. The minimum atomic E-state index is 0.123. The molecule has 1 fully saturated rings. The highest BCUT2D eigenvalue weighted by Gasteiger charge is 2.30. The third-order valence-electron chi connectivity index (χ3n) is 2.91. The van der Waals surface area contributed by atoms with Crippen molar-refractivity contribution in [1.29, 1.82) is 0 Å². The molecule has 6 nitrogen and oxygen atoms in total. The highest BCUT2D eigenvalue weighted by atomic mass is 16.3. The lowest BCUT2D eigenvalue weighted by molar-refractivity contribution is 0.301. The van der Waals surface area contributed by atoms with Crippen LogP contribution in [0.1, 0.15) is 26.2 Å². The molecule has 0 spiro atoms. The summed E-state index contributed by atoms with van der Waals surface area (Å²) in [6.45, 7) is 3.67. The highest BCUT2D eigenvalue weighted by molar-refractivity contribution is 5.53. The van der Waals surface area contributed by atoms with E-state index in [1.807, 2.05) is 6.07 Å². The first kappa shape index (κ1) is 12.9. The zero-order valence-corrected chi connectivity index (χ0v) is 10.8. The van der Waals surface area contributed by atoms with Crippen molar-refractivity contribution in [3.05, 3.63) is 6.07 Å². The number of hydrogen-bond donors (Lipinski definition) is 3. The predicted octanol–water partition coefficient (Wildman–Crippen LogP) is 0.842. The molecule has 0 aromatic carbocycles. The van der Waals surface area contributed by atoms with Crippen LogP contribution in [0.15, 0.2) is 6.07 Å². The Hall–Kier alpha value is -1.56. The van der Waals surface area contributed by atoms with Gasteiger partial charge in [0.1, 0.15) is 11.6 Å². The van der Waals surface area contributed by atoms with Crippen molar-refractivity contribution in [3.8, 4) is 0 Å². The van der Waals surface area contributed by atoms with Crippen LogP contribution >= 0.6 is 0 Å². The van der Waals surface area contributed by atoms with Gasteiger partial charge in [-0.1, -0.05) is 6.92 Å². The number of aliphatic hydroxyl groups is 1. The van der Waals surface area contributed by atoms with Crippen molar-refractivity contribution >= 4 is 17.6 Å². The summed E-state index contributed by atoms with van der Waals surface area (Å²) in [6.07, 6.45) is 3.34. The van der Waals surface area contributed by atoms with Crippen molar-refractivity contribution in [2.45, 2.75) is 32.2 Å². The fourth-order valence-corrected chi connectivity index (χ4v) is 1.92. The standard InChI is InChI=1S/C12H21N5O/c1-2-5-14-10-8-11(16-12(13)15-10)17(6-7-18)9-3-4-9/h8-9,18H,2-7H2,1H3,(H3,13,14,15,16). The number of nitrogens with one attached hydrogen (secondary N) is 1. The number of aliphatic hydroxyl groups excluding tert-OH is 1. The Balaban J connectivity index is 2.16.